The van der Waals surface area contributed by atoms with Gasteiger partial charge in [-0.25, -0.2) is 9.78 Å². The van der Waals surface area contributed by atoms with E-state index in [0.717, 1.165) is 20.0 Å². The molecule has 7 nitrogen and oxygen atoms in total. The number of hydrogen-bond acceptors (Lipinski definition) is 7. The van der Waals surface area contributed by atoms with Crippen LogP contribution in [0.25, 0.3) is 0 Å². The highest BCUT2D eigenvalue weighted by molar-refractivity contribution is 8.00. The fourth-order valence-electron chi connectivity index (χ4n) is 1.75. The highest BCUT2D eigenvalue weighted by Gasteiger charge is 2.27. The Morgan fingerprint density at radius 3 is 2.94 bits per heavy atom. The van der Waals surface area contributed by atoms with Gasteiger partial charge in [0.25, 0.3) is 0 Å². The molecule has 8 heteroatoms. The van der Waals surface area contributed by atoms with Gasteiger partial charge < -0.3 is 15.6 Å². The first-order chi connectivity index (χ1) is 8.70. The van der Waals surface area contributed by atoms with Crippen LogP contribution in [-0.4, -0.2) is 45.7 Å². The Bertz CT molecular complexity index is 426. The van der Waals surface area contributed by atoms with Crippen molar-refractivity contribution in [1.82, 2.24) is 14.5 Å². The van der Waals surface area contributed by atoms with Crippen LogP contribution in [0.1, 0.15) is 18.2 Å². The van der Waals surface area contributed by atoms with Crippen molar-refractivity contribution in [3.05, 3.63) is 16.8 Å². The van der Waals surface area contributed by atoms with Crippen molar-refractivity contribution in [2.45, 2.75) is 23.5 Å². The highest BCUT2D eigenvalue weighted by Crippen LogP contribution is 2.40. The molecule has 2 atom stereocenters. The lowest BCUT2D eigenvalue weighted by Crippen LogP contribution is -2.26. The molecule has 102 valence electrons. The second-order valence-electron chi connectivity index (χ2n) is 3.65. The average Bonchev–Trinajstić information content (AvgIpc) is 2.80. The van der Waals surface area contributed by atoms with E-state index >= 15 is 0 Å². The van der Waals surface area contributed by atoms with Gasteiger partial charge in [-0.2, -0.15) is 4.98 Å². The quantitative estimate of drug-likeness (QED) is 0.791. The molecule has 18 heavy (non-hydrogen) atoms. The molecule has 0 amide bonds. The molecule has 0 aromatic carbocycles. The molecule has 1 aliphatic heterocycles. The van der Waals surface area contributed by atoms with Crippen LogP contribution < -0.4 is 11.4 Å². The number of nitrogens with two attached hydrogens (primary N) is 1. The minimum atomic E-state index is -0.330. The Morgan fingerprint density at radius 2 is 2.33 bits per heavy atom. The number of methoxy groups -OCH3 is 1. The SMILES string of the molecule is CO.COCC1CCC(n2cnc(N)nc2=O)S1. The van der Waals surface area contributed by atoms with Crippen LogP contribution >= 0.6 is 11.8 Å². The summed E-state index contributed by atoms with van der Waals surface area (Å²) in [5.74, 6) is 0.0256. The van der Waals surface area contributed by atoms with Crippen LogP contribution in [0, 0.1) is 0 Å². The van der Waals surface area contributed by atoms with Gasteiger partial charge in [-0.15, -0.1) is 11.8 Å². The van der Waals surface area contributed by atoms with E-state index in [2.05, 4.69) is 9.97 Å². The van der Waals surface area contributed by atoms with E-state index in [1.807, 2.05) is 0 Å². The summed E-state index contributed by atoms with van der Waals surface area (Å²) in [6.45, 7) is 0.714. The normalized spacial score (nSPS) is 22.4. The van der Waals surface area contributed by atoms with Crippen LogP contribution in [-0.2, 0) is 4.74 Å². The van der Waals surface area contributed by atoms with Gasteiger partial charge in [-0.1, -0.05) is 0 Å². The number of rotatable bonds is 3. The number of hydrogen-bond donors (Lipinski definition) is 2. The number of thioether (sulfide) groups is 1. The zero-order valence-corrected chi connectivity index (χ0v) is 11.3. The summed E-state index contributed by atoms with van der Waals surface area (Å²) in [7, 11) is 2.69. The molecule has 0 radical (unpaired) electrons. The molecule has 1 fully saturated rings. The summed E-state index contributed by atoms with van der Waals surface area (Å²) in [5.41, 5.74) is 5.01. The third kappa shape index (κ3) is 3.69. The zero-order chi connectivity index (χ0) is 13.5. The zero-order valence-electron chi connectivity index (χ0n) is 10.4. The fraction of sp³-hybridized carbons (Fsp3) is 0.700. The molecule has 1 aromatic rings. The van der Waals surface area contributed by atoms with Crippen LogP contribution in [0.5, 0.6) is 0 Å². The van der Waals surface area contributed by atoms with Crippen molar-refractivity contribution in [3.8, 4) is 0 Å². The molecule has 2 rings (SSSR count). The first-order valence-corrected chi connectivity index (χ1v) is 6.44. The molecule has 0 spiro atoms. The Labute approximate surface area is 109 Å². The van der Waals surface area contributed by atoms with Crippen molar-refractivity contribution in [1.29, 1.82) is 0 Å². The molecule has 0 aliphatic carbocycles. The summed E-state index contributed by atoms with van der Waals surface area (Å²) in [4.78, 5) is 19.0. The second-order valence-corrected chi connectivity index (χ2v) is 5.13. The van der Waals surface area contributed by atoms with E-state index in [4.69, 9.17) is 15.6 Å². The van der Waals surface area contributed by atoms with Crippen LogP contribution in [0.4, 0.5) is 5.95 Å². The van der Waals surface area contributed by atoms with Gasteiger partial charge in [0.15, 0.2) is 0 Å². The monoisotopic (exact) mass is 274 g/mol. The first kappa shape index (κ1) is 14.9. The second kappa shape index (κ2) is 7.34. The van der Waals surface area contributed by atoms with E-state index in [1.165, 1.54) is 10.9 Å². The maximum Gasteiger partial charge on any atom is 0.353 e. The standard InChI is InChI=1S/C9H14N4O2S.CH4O/c1-15-4-6-2-3-7(16-6)13-5-11-8(10)12-9(13)14;1-2/h5-7H,2-4H2,1H3,(H2,10,12,14);2H,1H3. The topological polar surface area (TPSA) is 103 Å². The summed E-state index contributed by atoms with van der Waals surface area (Å²) in [6, 6.07) is 0. The van der Waals surface area contributed by atoms with E-state index < -0.39 is 0 Å². The maximum atomic E-state index is 11.6. The van der Waals surface area contributed by atoms with Crippen molar-refractivity contribution in [3.63, 3.8) is 0 Å². The van der Waals surface area contributed by atoms with E-state index in [1.54, 1.807) is 18.9 Å². The lowest BCUT2D eigenvalue weighted by molar-refractivity contribution is 0.198. The van der Waals surface area contributed by atoms with Crippen LogP contribution in [0.2, 0.25) is 0 Å². The van der Waals surface area contributed by atoms with Gasteiger partial charge in [0.05, 0.1) is 12.0 Å². The van der Waals surface area contributed by atoms with Gasteiger partial charge in [-0.3, -0.25) is 4.57 Å². The van der Waals surface area contributed by atoms with Gasteiger partial charge >= 0.3 is 5.69 Å². The largest absolute Gasteiger partial charge is 0.400 e. The Hall–Kier alpha value is -1.12. The number of nitrogen functional groups attached to an aromatic ring is 1. The minimum absolute atomic E-state index is 0.0256. The molecule has 2 unspecified atom stereocenters. The fourth-order valence-corrected chi connectivity index (χ4v) is 3.23. The maximum absolute atomic E-state index is 11.6. The molecule has 3 N–H and O–H groups in total. The molecule has 0 saturated carbocycles. The summed E-state index contributed by atoms with van der Waals surface area (Å²) >= 11 is 1.73. The predicted molar refractivity (Wildman–Crippen MR) is 70.4 cm³/mol. The van der Waals surface area contributed by atoms with Crippen LogP contribution in [0.15, 0.2) is 11.1 Å². The van der Waals surface area contributed by atoms with Crippen molar-refractivity contribution in [2.24, 2.45) is 0 Å². The van der Waals surface area contributed by atoms with Crippen LogP contribution in [0.3, 0.4) is 0 Å². The third-order valence-electron chi connectivity index (χ3n) is 2.49. The predicted octanol–water partition coefficient (Wildman–Crippen LogP) is -0.130. The smallest absolute Gasteiger partial charge is 0.353 e. The van der Waals surface area contributed by atoms with Gasteiger partial charge in [0.1, 0.15) is 6.33 Å². The Balaban J connectivity index is 0.000000771. The lowest BCUT2D eigenvalue weighted by atomic mass is 10.2. The van der Waals surface area contributed by atoms with Gasteiger partial charge in [0.2, 0.25) is 5.95 Å². The number of aliphatic hydroxyl groups is 1. The Morgan fingerprint density at radius 1 is 1.61 bits per heavy atom. The highest BCUT2D eigenvalue weighted by atomic mass is 32.2. The third-order valence-corrected chi connectivity index (χ3v) is 4.03. The van der Waals surface area contributed by atoms with E-state index in [0.29, 0.717) is 11.9 Å². The minimum Gasteiger partial charge on any atom is -0.400 e. The van der Waals surface area contributed by atoms with E-state index in [-0.39, 0.29) is 17.0 Å². The molecular formula is C10H18N4O3S. The number of ether oxygens (including phenoxy) is 1. The molecule has 2 heterocycles. The first-order valence-electron chi connectivity index (χ1n) is 5.50. The Kier molecular flexibility index (Phi) is 6.10. The summed E-state index contributed by atoms with van der Waals surface area (Å²) in [5, 5.41) is 7.55. The van der Waals surface area contributed by atoms with E-state index in [9.17, 15) is 4.79 Å². The van der Waals surface area contributed by atoms with Crippen molar-refractivity contribution >= 4 is 17.7 Å². The number of nitrogens with zero attached hydrogens (tertiary/aromatic N) is 3. The van der Waals surface area contributed by atoms with Crippen molar-refractivity contribution < 1.29 is 9.84 Å². The average molecular weight is 274 g/mol. The molecule has 1 aromatic heterocycles. The van der Waals surface area contributed by atoms with Gasteiger partial charge in [0, 0.05) is 19.5 Å². The number of aromatic nitrogens is 3. The lowest BCUT2D eigenvalue weighted by Gasteiger charge is -2.12. The van der Waals surface area contributed by atoms with Crippen molar-refractivity contribution in [2.75, 3.05) is 26.6 Å². The molecule has 0 bridgehead atoms. The number of aliphatic hydroxyl groups excluding tert-OH is 1. The molecule has 1 aliphatic rings. The molecule has 1 saturated heterocycles. The van der Waals surface area contributed by atoms with Gasteiger partial charge in [-0.05, 0) is 12.8 Å². The molecular weight excluding hydrogens is 256 g/mol. The summed E-state index contributed by atoms with van der Waals surface area (Å²) in [6.07, 6.45) is 3.45. The number of anilines is 1. The summed E-state index contributed by atoms with van der Waals surface area (Å²) < 4.78 is 6.64.